The summed E-state index contributed by atoms with van der Waals surface area (Å²) in [5, 5.41) is 28.1. The third-order valence-corrected chi connectivity index (χ3v) is 18.9. The Hall–Kier alpha value is -4.11. The molecule has 0 aromatic heterocycles. The van der Waals surface area contributed by atoms with Gasteiger partial charge >= 0.3 is 0 Å². The molecule has 67 heavy (non-hydrogen) atoms. The van der Waals surface area contributed by atoms with Crippen molar-refractivity contribution in [1.29, 1.82) is 0 Å². The standard InChI is InChI=1S/C56H72O9SSi/c1-41-49(65-56(7,8)64-41)36-50(62-40-60-37-42-22-14-10-15-23-42)51(57)48(34-35-63-67(54(2,3)4,46-26-18-12-19-27-46)47-28-20-13-21-29-47)52(58)53(61-38-43-30-32-44(59-9)33-31-43)55(5,6)39-66-45-24-16-11-17-25-45/h10-34,41,49-53,57-58H,35-40H2,1-9H3/b48-34+/t41-,49-,50-,51?,52+,53-/m1/s1. The van der Waals surface area contributed by atoms with E-state index in [-0.39, 0.29) is 37.6 Å². The normalized spacial score (nSPS) is 18.6. The highest BCUT2D eigenvalue weighted by molar-refractivity contribution is 7.99. The number of aliphatic hydroxyl groups is 2. The van der Waals surface area contributed by atoms with Crippen LogP contribution in [0.1, 0.15) is 72.9 Å². The Bertz CT molecular complexity index is 2200. The maximum Gasteiger partial charge on any atom is 0.261 e. The molecule has 5 aromatic carbocycles. The molecule has 0 amide bonds. The third kappa shape index (κ3) is 14.0. The number of thioether (sulfide) groups is 1. The number of rotatable bonds is 24. The summed E-state index contributed by atoms with van der Waals surface area (Å²) in [4.78, 5) is 1.10. The van der Waals surface area contributed by atoms with Crippen molar-refractivity contribution in [1.82, 2.24) is 0 Å². The second-order valence-corrected chi connectivity index (χ2v) is 24.9. The van der Waals surface area contributed by atoms with E-state index in [0.717, 1.165) is 32.1 Å². The molecule has 1 unspecified atom stereocenters. The molecule has 1 aliphatic heterocycles. The number of ether oxygens (including phenoxy) is 6. The lowest BCUT2D eigenvalue weighted by atomic mass is 9.80. The Morgan fingerprint density at radius 3 is 1.81 bits per heavy atom. The lowest BCUT2D eigenvalue weighted by Crippen LogP contribution is -2.66. The first-order chi connectivity index (χ1) is 32.0. The summed E-state index contributed by atoms with van der Waals surface area (Å²) in [6.07, 6.45) is -2.95. The molecule has 0 saturated carbocycles. The minimum absolute atomic E-state index is 0.0881. The SMILES string of the molecule is COc1ccc(CO[C@H]([C@@H](O)/C(=C/CO[Si](c2ccccc2)(c2ccccc2)C(C)(C)C)C(O)[C@@H](C[C@H]2OC(C)(C)O[C@@H]2C)OCOCc2ccccc2)C(C)(C)CSc2ccccc2)cc1. The van der Waals surface area contributed by atoms with Crippen LogP contribution in [0.5, 0.6) is 5.75 Å². The average molecular weight is 949 g/mol. The van der Waals surface area contributed by atoms with Gasteiger partial charge in [0.05, 0.1) is 51.3 Å². The van der Waals surface area contributed by atoms with E-state index >= 15 is 0 Å². The summed E-state index contributed by atoms with van der Waals surface area (Å²) in [5.74, 6) is 0.518. The van der Waals surface area contributed by atoms with Crippen LogP contribution in [0.4, 0.5) is 0 Å². The maximum atomic E-state index is 13.2. The van der Waals surface area contributed by atoms with Crippen LogP contribution >= 0.6 is 11.8 Å². The Labute approximate surface area is 404 Å². The molecule has 1 fully saturated rings. The van der Waals surface area contributed by atoms with E-state index in [1.54, 1.807) is 18.9 Å². The zero-order chi connectivity index (χ0) is 48.1. The Kier molecular flexibility index (Phi) is 18.7. The van der Waals surface area contributed by atoms with Crippen molar-refractivity contribution in [2.75, 3.05) is 26.3 Å². The molecule has 11 heteroatoms. The van der Waals surface area contributed by atoms with Crippen LogP contribution in [0.15, 0.2) is 162 Å². The Morgan fingerprint density at radius 2 is 1.27 bits per heavy atom. The van der Waals surface area contributed by atoms with Gasteiger partial charge in [0.25, 0.3) is 8.32 Å². The lowest BCUT2D eigenvalue weighted by molar-refractivity contribution is -0.161. The van der Waals surface area contributed by atoms with Gasteiger partial charge in [0.1, 0.15) is 24.8 Å². The topological polar surface area (TPSA) is 105 Å². The summed E-state index contributed by atoms with van der Waals surface area (Å²) in [7, 11) is -1.41. The summed E-state index contributed by atoms with van der Waals surface area (Å²) in [5.41, 5.74) is 1.60. The van der Waals surface area contributed by atoms with Crippen molar-refractivity contribution in [3.8, 4) is 5.75 Å². The molecule has 360 valence electrons. The third-order valence-electron chi connectivity index (χ3n) is 12.4. The number of benzene rings is 5. The smallest absolute Gasteiger partial charge is 0.261 e. The first kappa shape index (κ1) is 52.3. The fourth-order valence-electron chi connectivity index (χ4n) is 8.99. The number of hydrogen-bond acceptors (Lipinski definition) is 10. The fraction of sp³-hybridized carbons (Fsp3) is 0.429. The van der Waals surface area contributed by atoms with E-state index in [0.29, 0.717) is 17.9 Å². The first-order valence-electron chi connectivity index (χ1n) is 23.4. The molecule has 5 aromatic rings. The van der Waals surface area contributed by atoms with Crippen LogP contribution in [0.25, 0.3) is 0 Å². The number of hydrogen-bond donors (Lipinski definition) is 2. The van der Waals surface area contributed by atoms with Crippen molar-refractivity contribution in [3.05, 3.63) is 168 Å². The summed E-state index contributed by atoms with van der Waals surface area (Å²) in [6, 6.07) is 48.7. The molecule has 0 bridgehead atoms. The lowest BCUT2D eigenvalue weighted by Gasteiger charge is -2.43. The Balaban J connectivity index is 1.42. The fourth-order valence-corrected chi connectivity index (χ4v) is 14.5. The van der Waals surface area contributed by atoms with Crippen LogP contribution in [-0.4, -0.2) is 87.2 Å². The molecule has 6 atom stereocenters. The van der Waals surface area contributed by atoms with Crippen molar-refractivity contribution in [3.63, 3.8) is 0 Å². The predicted molar refractivity (Wildman–Crippen MR) is 271 cm³/mol. The minimum Gasteiger partial charge on any atom is -0.497 e. The molecule has 0 radical (unpaired) electrons. The van der Waals surface area contributed by atoms with Crippen molar-refractivity contribution in [2.45, 2.75) is 127 Å². The maximum absolute atomic E-state index is 13.2. The van der Waals surface area contributed by atoms with E-state index in [1.165, 1.54) is 0 Å². The second kappa shape index (κ2) is 23.9. The number of aliphatic hydroxyl groups excluding tert-OH is 2. The molecule has 1 heterocycles. The quantitative estimate of drug-likeness (QED) is 0.0204. The van der Waals surface area contributed by atoms with E-state index < -0.39 is 50.0 Å². The van der Waals surface area contributed by atoms with Crippen LogP contribution < -0.4 is 15.1 Å². The molecule has 1 aliphatic rings. The van der Waals surface area contributed by atoms with E-state index in [1.807, 2.05) is 112 Å². The van der Waals surface area contributed by atoms with Gasteiger partial charge in [0, 0.05) is 22.5 Å². The summed E-state index contributed by atoms with van der Waals surface area (Å²) in [6.45, 7) is 17.1. The summed E-state index contributed by atoms with van der Waals surface area (Å²) < 4.78 is 44.9. The Morgan fingerprint density at radius 1 is 0.716 bits per heavy atom. The van der Waals surface area contributed by atoms with Crippen LogP contribution in [-0.2, 0) is 41.3 Å². The van der Waals surface area contributed by atoms with E-state index in [4.69, 9.17) is 32.8 Å². The highest BCUT2D eigenvalue weighted by Gasteiger charge is 2.50. The molecular weight excluding hydrogens is 877 g/mol. The van der Waals surface area contributed by atoms with Crippen molar-refractivity contribution >= 4 is 30.5 Å². The molecule has 0 spiro atoms. The molecule has 2 N–H and O–H groups in total. The van der Waals surface area contributed by atoms with Gasteiger partial charge in [-0.15, -0.1) is 11.8 Å². The molecular formula is C56H72O9SSi. The van der Waals surface area contributed by atoms with Crippen LogP contribution in [0.3, 0.4) is 0 Å². The molecule has 6 rings (SSSR count). The summed E-state index contributed by atoms with van der Waals surface area (Å²) >= 11 is 1.70. The van der Waals surface area contributed by atoms with Gasteiger partial charge in [-0.1, -0.05) is 162 Å². The minimum atomic E-state index is -3.05. The van der Waals surface area contributed by atoms with Gasteiger partial charge in [-0.3, -0.25) is 0 Å². The van der Waals surface area contributed by atoms with E-state index in [2.05, 4.69) is 95.3 Å². The van der Waals surface area contributed by atoms with Gasteiger partial charge in [-0.25, -0.2) is 0 Å². The predicted octanol–water partition coefficient (Wildman–Crippen LogP) is 10.1. The first-order valence-corrected chi connectivity index (χ1v) is 26.2. The second-order valence-electron chi connectivity index (χ2n) is 19.5. The van der Waals surface area contributed by atoms with Gasteiger partial charge in [-0.05, 0) is 77.1 Å². The average Bonchev–Trinajstić information content (AvgIpc) is 3.59. The number of methoxy groups -OCH3 is 1. The highest BCUT2D eigenvalue weighted by atomic mass is 32.2. The van der Waals surface area contributed by atoms with Crippen LogP contribution in [0.2, 0.25) is 5.04 Å². The van der Waals surface area contributed by atoms with Crippen molar-refractivity contribution < 1.29 is 43.1 Å². The monoisotopic (exact) mass is 948 g/mol. The van der Waals surface area contributed by atoms with Gasteiger partial charge < -0.3 is 43.1 Å². The molecule has 1 saturated heterocycles. The molecule has 9 nitrogen and oxygen atoms in total. The molecule has 0 aliphatic carbocycles. The zero-order valence-corrected chi connectivity index (χ0v) is 42.6. The largest absolute Gasteiger partial charge is 0.497 e. The van der Waals surface area contributed by atoms with Crippen molar-refractivity contribution in [2.24, 2.45) is 5.41 Å². The van der Waals surface area contributed by atoms with Gasteiger partial charge in [0.2, 0.25) is 0 Å². The van der Waals surface area contributed by atoms with Gasteiger partial charge in [-0.2, -0.15) is 0 Å². The van der Waals surface area contributed by atoms with Gasteiger partial charge in [0.15, 0.2) is 5.79 Å². The highest BCUT2D eigenvalue weighted by Crippen LogP contribution is 2.40. The van der Waals surface area contributed by atoms with E-state index in [9.17, 15) is 10.2 Å². The zero-order valence-electron chi connectivity index (χ0n) is 40.8. The van der Waals surface area contributed by atoms with Crippen LogP contribution in [0, 0.1) is 5.41 Å².